The van der Waals surface area contributed by atoms with Crippen molar-refractivity contribution < 1.29 is 14.3 Å². The van der Waals surface area contributed by atoms with Gasteiger partial charge >= 0.3 is 0 Å². The van der Waals surface area contributed by atoms with Gasteiger partial charge in [0.2, 0.25) is 0 Å². The minimum absolute atomic E-state index is 0.0604. The number of ketones is 1. The van der Waals surface area contributed by atoms with Crippen molar-refractivity contribution in [1.82, 2.24) is 0 Å². The molecular formula is C14H20O3. The van der Waals surface area contributed by atoms with E-state index in [4.69, 9.17) is 9.47 Å². The molecule has 3 fully saturated rings. The summed E-state index contributed by atoms with van der Waals surface area (Å²) in [6.45, 7) is 8.95. The lowest BCUT2D eigenvalue weighted by atomic mass is 9.60. The van der Waals surface area contributed by atoms with Gasteiger partial charge in [-0.25, -0.2) is 0 Å². The largest absolute Gasteiger partial charge is 0.366 e. The van der Waals surface area contributed by atoms with Crippen molar-refractivity contribution >= 4 is 5.78 Å². The second-order valence-corrected chi connectivity index (χ2v) is 6.48. The SMILES string of the molecule is CC(=O)/C=C/[C@]12O[C@@]1(C)[C@@]1(CCC2(C)C)CO1. The third-order valence-electron chi connectivity index (χ3n) is 5.11. The highest BCUT2D eigenvalue weighted by Gasteiger charge is 2.85. The second-order valence-electron chi connectivity index (χ2n) is 6.48. The Morgan fingerprint density at radius 2 is 1.88 bits per heavy atom. The molecule has 0 aromatic rings. The molecule has 3 rings (SSSR count). The van der Waals surface area contributed by atoms with Gasteiger partial charge in [-0.2, -0.15) is 0 Å². The van der Waals surface area contributed by atoms with Crippen LogP contribution in [0.25, 0.3) is 0 Å². The molecule has 2 saturated heterocycles. The van der Waals surface area contributed by atoms with E-state index in [0.29, 0.717) is 0 Å². The van der Waals surface area contributed by atoms with Crippen LogP contribution in [-0.4, -0.2) is 29.2 Å². The first kappa shape index (κ1) is 11.4. The van der Waals surface area contributed by atoms with Crippen molar-refractivity contribution in [2.45, 2.75) is 57.3 Å². The van der Waals surface area contributed by atoms with Gasteiger partial charge in [-0.05, 0) is 38.8 Å². The molecular weight excluding hydrogens is 216 g/mol. The summed E-state index contributed by atoms with van der Waals surface area (Å²) < 4.78 is 11.8. The van der Waals surface area contributed by atoms with E-state index < -0.39 is 0 Å². The number of carbonyl (C=O) groups is 1. The maximum atomic E-state index is 11.2. The Labute approximate surface area is 102 Å². The van der Waals surface area contributed by atoms with Gasteiger partial charge < -0.3 is 9.47 Å². The zero-order valence-electron chi connectivity index (χ0n) is 11.0. The predicted octanol–water partition coefficient (Wildman–Crippen LogP) is 2.25. The number of carbonyl (C=O) groups excluding carboxylic acids is 1. The van der Waals surface area contributed by atoms with Gasteiger partial charge in [-0.1, -0.05) is 13.8 Å². The summed E-state index contributed by atoms with van der Waals surface area (Å²) in [5.41, 5.74) is -0.581. The number of ether oxygens (including phenoxy) is 2. The average molecular weight is 236 g/mol. The maximum Gasteiger partial charge on any atom is 0.152 e. The van der Waals surface area contributed by atoms with E-state index in [1.807, 2.05) is 6.08 Å². The first-order chi connectivity index (χ1) is 7.79. The van der Waals surface area contributed by atoms with Crippen LogP contribution in [0.5, 0.6) is 0 Å². The molecule has 0 amide bonds. The van der Waals surface area contributed by atoms with Gasteiger partial charge in [0.15, 0.2) is 5.78 Å². The van der Waals surface area contributed by atoms with E-state index in [0.717, 1.165) is 19.4 Å². The second kappa shape index (κ2) is 2.83. The van der Waals surface area contributed by atoms with Crippen LogP contribution in [-0.2, 0) is 14.3 Å². The smallest absolute Gasteiger partial charge is 0.152 e. The van der Waals surface area contributed by atoms with E-state index in [2.05, 4.69) is 20.8 Å². The molecule has 94 valence electrons. The van der Waals surface area contributed by atoms with Crippen LogP contribution in [0.2, 0.25) is 0 Å². The van der Waals surface area contributed by atoms with Crippen molar-refractivity contribution in [2.24, 2.45) is 5.41 Å². The third-order valence-corrected chi connectivity index (χ3v) is 5.11. The Morgan fingerprint density at radius 3 is 2.41 bits per heavy atom. The van der Waals surface area contributed by atoms with E-state index in [1.54, 1.807) is 13.0 Å². The molecule has 0 aromatic heterocycles. The lowest BCUT2D eigenvalue weighted by molar-refractivity contribution is -0.112. The Hall–Kier alpha value is -0.670. The number of epoxide rings is 2. The molecule has 17 heavy (non-hydrogen) atoms. The molecule has 0 bridgehead atoms. The van der Waals surface area contributed by atoms with Crippen molar-refractivity contribution in [1.29, 1.82) is 0 Å². The molecule has 3 aliphatic rings. The molecule has 3 atom stereocenters. The number of allylic oxidation sites excluding steroid dienone is 1. The van der Waals surface area contributed by atoms with Gasteiger partial charge in [0, 0.05) is 5.41 Å². The molecule has 1 aliphatic carbocycles. The molecule has 0 N–H and O–H groups in total. The number of fused-ring (bicyclic) bond motifs is 2. The van der Waals surface area contributed by atoms with Crippen molar-refractivity contribution in [3.8, 4) is 0 Å². The summed E-state index contributed by atoms with van der Waals surface area (Å²) in [5, 5.41) is 0. The summed E-state index contributed by atoms with van der Waals surface area (Å²) in [4.78, 5) is 11.2. The Morgan fingerprint density at radius 1 is 1.24 bits per heavy atom. The summed E-state index contributed by atoms with van der Waals surface area (Å²) in [7, 11) is 0. The summed E-state index contributed by atoms with van der Waals surface area (Å²) in [6, 6.07) is 0. The predicted molar refractivity (Wildman–Crippen MR) is 63.7 cm³/mol. The van der Waals surface area contributed by atoms with Gasteiger partial charge in [0.05, 0.1) is 6.61 Å². The topological polar surface area (TPSA) is 42.1 Å². The molecule has 3 heteroatoms. The molecule has 3 nitrogen and oxygen atoms in total. The maximum absolute atomic E-state index is 11.2. The fraction of sp³-hybridized carbons (Fsp3) is 0.786. The van der Waals surface area contributed by atoms with Crippen LogP contribution in [0.1, 0.15) is 40.5 Å². The normalized spacial score (nSPS) is 50.4. The van der Waals surface area contributed by atoms with Crippen LogP contribution in [0.3, 0.4) is 0 Å². The summed E-state index contributed by atoms with van der Waals surface area (Å²) in [5.74, 6) is 0.0735. The number of hydrogen-bond acceptors (Lipinski definition) is 3. The quantitative estimate of drug-likeness (QED) is 0.545. The number of hydrogen-bond donors (Lipinski definition) is 0. The van der Waals surface area contributed by atoms with Gasteiger partial charge in [0.25, 0.3) is 0 Å². The van der Waals surface area contributed by atoms with Crippen LogP contribution < -0.4 is 0 Å². The van der Waals surface area contributed by atoms with Crippen molar-refractivity contribution in [3.05, 3.63) is 12.2 Å². The van der Waals surface area contributed by atoms with E-state index in [-0.39, 0.29) is 28.0 Å². The number of rotatable bonds is 2. The van der Waals surface area contributed by atoms with Crippen molar-refractivity contribution in [2.75, 3.05) is 6.61 Å². The highest BCUT2D eigenvalue weighted by Crippen LogP contribution is 2.73. The van der Waals surface area contributed by atoms with Crippen LogP contribution in [0.15, 0.2) is 12.2 Å². The van der Waals surface area contributed by atoms with E-state index >= 15 is 0 Å². The standard InChI is InChI=1S/C14H20O3/c1-10(15)5-6-14-11(2,3)7-8-13(9-16-13)12(14,4)17-14/h5-6H,7-9H2,1-4H3/b6-5+/t12-,13+,14+/m0/s1. The van der Waals surface area contributed by atoms with Gasteiger partial charge in [-0.15, -0.1) is 0 Å². The minimum Gasteiger partial charge on any atom is -0.366 e. The Balaban J connectivity index is 1.99. The molecule has 2 aliphatic heterocycles. The zero-order valence-corrected chi connectivity index (χ0v) is 11.0. The van der Waals surface area contributed by atoms with Gasteiger partial charge in [-0.3, -0.25) is 4.79 Å². The van der Waals surface area contributed by atoms with Crippen molar-refractivity contribution in [3.63, 3.8) is 0 Å². The molecule has 0 unspecified atom stereocenters. The van der Waals surface area contributed by atoms with E-state index in [9.17, 15) is 4.79 Å². The highest BCUT2D eigenvalue weighted by atomic mass is 16.7. The van der Waals surface area contributed by atoms with Gasteiger partial charge in [0.1, 0.15) is 16.8 Å². The molecule has 2 heterocycles. The Kier molecular flexibility index (Phi) is 1.90. The Bertz CT molecular complexity index is 419. The molecule has 0 aromatic carbocycles. The summed E-state index contributed by atoms with van der Waals surface area (Å²) in [6.07, 6.45) is 5.75. The molecule has 1 saturated carbocycles. The zero-order chi connectivity index (χ0) is 12.5. The summed E-state index contributed by atoms with van der Waals surface area (Å²) >= 11 is 0. The highest BCUT2D eigenvalue weighted by molar-refractivity contribution is 5.87. The third kappa shape index (κ3) is 1.17. The van der Waals surface area contributed by atoms with Crippen LogP contribution >= 0.6 is 0 Å². The minimum atomic E-state index is -0.319. The van der Waals surface area contributed by atoms with E-state index in [1.165, 1.54) is 0 Å². The molecule has 0 radical (unpaired) electrons. The first-order valence-corrected chi connectivity index (χ1v) is 6.33. The molecule has 1 spiro atoms. The lowest BCUT2D eigenvalue weighted by Crippen LogP contribution is -2.50. The monoisotopic (exact) mass is 236 g/mol. The lowest BCUT2D eigenvalue weighted by Gasteiger charge is -2.39. The van der Waals surface area contributed by atoms with Crippen LogP contribution in [0, 0.1) is 5.41 Å². The fourth-order valence-electron chi connectivity index (χ4n) is 3.61. The average Bonchev–Trinajstić information content (AvgIpc) is 3.07. The first-order valence-electron chi connectivity index (χ1n) is 6.33. The fourth-order valence-corrected chi connectivity index (χ4v) is 3.61. The van der Waals surface area contributed by atoms with Crippen LogP contribution in [0.4, 0.5) is 0 Å².